The lowest BCUT2D eigenvalue weighted by molar-refractivity contribution is -0.155. The second-order valence-corrected chi connectivity index (χ2v) is 4.90. The normalized spacial score (nSPS) is 11.5. The highest BCUT2D eigenvalue weighted by molar-refractivity contribution is 5.81. The van der Waals surface area contributed by atoms with Crippen molar-refractivity contribution in [2.45, 2.75) is 45.6 Å². The number of carbonyl (C=O) groups is 2. The molecule has 0 aliphatic carbocycles. The fraction of sp³-hybridized carbons (Fsp3) is 0.833. The Morgan fingerprint density at radius 3 is 2.37 bits per heavy atom. The van der Waals surface area contributed by atoms with E-state index >= 15 is 0 Å². The van der Waals surface area contributed by atoms with Crippen molar-refractivity contribution >= 4 is 11.9 Å². The molecule has 0 saturated heterocycles. The topological polar surface area (TPSA) is 64.6 Å². The molecule has 0 aliphatic heterocycles. The van der Waals surface area contributed by atoms with Crippen LogP contribution in [0.1, 0.15) is 33.6 Å². The van der Waals surface area contributed by atoms with Gasteiger partial charge in [-0.3, -0.25) is 9.59 Å². The summed E-state index contributed by atoms with van der Waals surface area (Å²) in [7, 11) is 0. The summed E-state index contributed by atoms with van der Waals surface area (Å²) >= 11 is 0. The maximum absolute atomic E-state index is 11.7. The molecule has 0 unspecified atom stereocenters. The Morgan fingerprint density at radius 2 is 1.84 bits per heavy atom. The van der Waals surface area contributed by atoms with Gasteiger partial charge in [0.2, 0.25) is 5.91 Å². The Morgan fingerprint density at radius 1 is 1.21 bits per heavy atom. The van der Waals surface area contributed by atoms with Gasteiger partial charge >= 0.3 is 5.97 Å². The van der Waals surface area contributed by atoms with Gasteiger partial charge in [0, 0.05) is 13.0 Å². The van der Waals surface area contributed by atoms with Crippen LogP contribution < -0.4 is 5.32 Å². The molecule has 0 aromatic rings. The van der Waals surface area contributed by atoms with E-state index in [0.717, 1.165) is 0 Å². The molecule has 1 N–H and O–H groups in total. The summed E-state index contributed by atoms with van der Waals surface area (Å²) in [5.41, 5.74) is -0.573. The van der Waals surface area contributed by atoms with Gasteiger partial charge in [-0.1, -0.05) is 0 Å². The Kier molecular flexibility index (Phi) is 8.22. The maximum Gasteiger partial charge on any atom is 0.306 e. The van der Waals surface area contributed by atoms with E-state index < -0.39 is 24.6 Å². The molecule has 19 heavy (non-hydrogen) atoms. The summed E-state index contributed by atoms with van der Waals surface area (Å²) in [4.78, 5) is 22.6. The maximum atomic E-state index is 11.7. The van der Waals surface area contributed by atoms with Crippen LogP contribution in [0.25, 0.3) is 0 Å². The van der Waals surface area contributed by atoms with Crippen molar-refractivity contribution in [1.29, 1.82) is 0 Å². The minimum absolute atomic E-state index is 0.00373. The first-order valence-corrected chi connectivity index (χ1v) is 6.05. The highest BCUT2D eigenvalue weighted by atomic mass is 19.3. The van der Waals surface area contributed by atoms with Crippen LogP contribution in [0.5, 0.6) is 0 Å². The van der Waals surface area contributed by atoms with Crippen LogP contribution in [0.3, 0.4) is 0 Å². The molecule has 1 amide bonds. The van der Waals surface area contributed by atoms with Crippen molar-refractivity contribution in [1.82, 2.24) is 5.32 Å². The number of nitrogens with one attached hydrogen (secondary N) is 1. The zero-order valence-corrected chi connectivity index (χ0v) is 11.5. The third kappa shape index (κ3) is 13.0. The minimum atomic E-state index is -2.51. The summed E-state index contributed by atoms with van der Waals surface area (Å²) in [5, 5.41) is 2.46. The van der Waals surface area contributed by atoms with E-state index in [1.807, 2.05) is 0 Å². The van der Waals surface area contributed by atoms with Crippen molar-refractivity contribution < 1.29 is 27.8 Å². The first kappa shape index (κ1) is 17.8. The molecule has 7 heteroatoms. The lowest BCUT2D eigenvalue weighted by atomic mass is 10.2. The molecule has 0 radical (unpaired) electrons. The molecule has 0 spiro atoms. The van der Waals surface area contributed by atoms with Gasteiger partial charge in [0.15, 0.2) is 0 Å². The molecule has 0 saturated carbocycles. The molecule has 5 nitrogen and oxygen atoms in total. The molecular weight excluding hydrogens is 260 g/mol. The van der Waals surface area contributed by atoms with Crippen LogP contribution in [0.2, 0.25) is 0 Å². The van der Waals surface area contributed by atoms with Gasteiger partial charge in [0.1, 0.15) is 12.2 Å². The van der Waals surface area contributed by atoms with Gasteiger partial charge in [-0.25, -0.2) is 8.78 Å². The van der Waals surface area contributed by atoms with Crippen LogP contribution >= 0.6 is 0 Å². The van der Waals surface area contributed by atoms with E-state index in [1.165, 1.54) is 0 Å². The van der Waals surface area contributed by atoms with Gasteiger partial charge in [-0.2, -0.15) is 0 Å². The molecule has 0 aliphatic rings. The molecule has 112 valence electrons. The van der Waals surface area contributed by atoms with Crippen LogP contribution in [0.15, 0.2) is 0 Å². The molecular formula is C12H21F2NO4. The third-order valence-corrected chi connectivity index (χ3v) is 1.79. The Hall–Kier alpha value is -1.24. The summed E-state index contributed by atoms with van der Waals surface area (Å²) < 4.78 is 33.0. The van der Waals surface area contributed by atoms with Crippen LogP contribution in [0.4, 0.5) is 8.78 Å². The van der Waals surface area contributed by atoms with Gasteiger partial charge in [0.25, 0.3) is 6.43 Å². The molecule has 0 aromatic carbocycles. The number of ether oxygens (including phenoxy) is 2. The van der Waals surface area contributed by atoms with Crippen molar-refractivity contribution in [2.75, 3.05) is 19.8 Å². The fourth-order valence-electron chi connectivity index (χ4n) is 1.13. The average molecular weight is 281 g/mol. The SMILES string of the molecule is CC(C)(C)OC(=O)CCC(=O)NCCOCC(F)F. The van der Waals surface area contributed by atoms with Crippen molar-refractivity contribution in [2.24, 2.45) is 0 Å². The van der Waals surface area contributed by atoms with E-state index in [4.69, 9.17) is 4.74 Å². The standard InChI is InChI=1S/C12H21F2NO4/c1-12(2,3)19-11(17)5-4-10(16)15-6-7-18-8-9(13)14/h9H,4-8H2,1-3H3,(H,15,16). The molecule has 0 heterocycles. The first-order chi connectivity index (χ1) is 8.70. The van der Waals surface area contributed by atoms with E-state index in [9.17, 15) is 18.4 Å². The Labute approximate surface area is 111 Å². The number of amides is 1. The van der Waals surface area contributed by atoms with Crippen LogP contribution in [0, 0.1) is 0 Å². The summed E-state index contributed by atoms with van der Waals surface area (Å²) in [6, 6.07) is 0. The van der Waals surface area contributed by atoms with Gasteiger partial charge in [-0.15, -0.1) is 0 Å². The predicted molar refractivity (Wildman–Crippen MR) is 64.9 cm³/mol. The zero-order valence-electron chi connectivity index (χ0n) is 11.5. The second kappa shape index (κ2) is 8.79. The lowest BCUT2D eigenvalue weighted by Gasteiger charge is -2.19. The number of rotatable bonds is 8. The van der Waals surface area contributed by atoms with E-state index in [0.29, 0.717) is 0 Å². The molecule has 0 rings (SSSR count). The second-order valence-electron chi connectivity index (χ2n) is 4.90. The predicted octanol–water partition coefficient (Wildman–Crippen LogP) is 1.51. The number of halogens is 2. The number of carbonyl (C=O) groups excluding carboxylic acids is 2. The van der Waals surface area contributed by atoms with Crippen molar-refractivity contribution in [3.8, 4) is 0 Å². The highest BCUT2D eigenvalue weighted by Crippen LogP contribution is 2.08. The molecule has 0 bridgehead atoms. The Balaban J connectivity index is 3.57. The number of esters is 1. The molecule has 0 fully saturated rings. The lowest BCUT2D eigenvalue weighted by Crippen LogP contribution is -2.29. The first-order valence-electron chi connectivity index (χ1n) is 6.05. The van der Waals surface area contributed by atoms with Crippen LogP contribution in [-0.4, -0.2) is 43.7 Å². The summed E-state index contributed by atoms with van der Waals surface area (Å²) in [5.74, 6) is -0.789. The molecule has 0 atom stereocenters. The Bertz CT molecular complexity index is 290. The highest BCUT2D eigenvalue weighted by Gasteiger charge is 2.16. The fourth-order valence-corrected chi connectivity index (χ4v) is 1.13. The number of alkyl halides is 2. The molecule has 0 aromatic heterocycles. The monoisotopic (exact) mass is 281 g/mol. The quantitative estimate of drug-likeness (QED) is 0.541. The van der Waals surface area contributed by atoms with Crippen molar-refractivity contribution in [3.05, 3.63) is 0 Å². The summed E-state index contributed by atoms with van der Waals surface area (Å²) in [6.07, 6.45) is -2.52. The number of hydrogen-bond donors (Lipinski definition) is 1. The van der Waals surface area contributed by atoms with Gasteiger partial charge in [-0.05, 0) is 20.8 Å². The summed E-state index contributed by atoms with van der Waals surface area (Å²) in [6.45, 7) is 4.73. The zero-order chi connectivity index (χ0) is 14.9. The largest absolute Gasteiger partial charge is 0.460 e. The van der Waals surface area contributed by atoms with Gasteiger partial charge < -0.3 is 14.8 Å². The number of hydrogen-bond acceptors (Lipinski definition) is 4. The third-order valence-electron chi connectivity index (χ3n) is 1.79. The van der Waals surface area contributed by atoms with Gasteiger partial charge in [0.05, 0.1) is 13.0 Å². The van der Waals surface area contributed by atoms with E-state index in [-0.39, 0.29) is 31.9 Å². The average Bonchev–Trinajstić information content (AvgIpc) is 2.23. The minimum Gasteiger partial charge on any atom is -0.460 e. The van der Waals surface area contributed by atoms with Crippen LogP contribution in [-0.2, 0) is 19.1 Å². The van der Waals surface area contributed by atoms with E-state index in [2.05, 4.69) is 10.1 Å². The van der Waals surface area contributed by atoms with E-state index in [1.54, 1.807) is 20.8 Å². The smallest absolute Gasteiger partial charge is 0.306 e. The van der Waals surface area contributed by atoms with Crippen molar-refractivity contribution in [3.63, 3.8) is 0 Å².